The summed E-state index contributed by atoms with van der Waals surface area (Å²) in [6, 6.07) is 7.40. The van der Waals surface area contributed by atoms with Crippen molar-refractivity contribution < 1.29 is 9.53 Å². The average molecular weight is 319 g/mol. The molecule has 0 spiro atoms. The lowest BCUT2D eigenvalue weighted by molar-refractivity contribution is 0.0994. The highest BCUT2D eigenvalue weighted by Gasteiger charge is 2.08. The molecular formula is C15H15ClN4O2. The molecule has 0 radical (unpaired) electrons. The van der Waals surface area contributed by atoms with Crippen LogP contribution in [0.2, 0.25) is 5.02 Å². The second-order valence-electron chi connectivity index (χ2n) is 4.88. The number of nitrogens with two attached hydrogens (primary N) is 1. The van der Waals surface area contributed by atoms with Crippen LogP contribution in [0.1, 0.15) is 10.5 Å². The van der Waals surface area contributed by atoms with Crippen molar-refractivity contribution in [3.63, 3.8) is 0 Å². The van der Waals surface area contributed by atoms with E-state index in [1.807, 2.05) is 24.4 Å². The Labute approximate surface area is 132 Å². The van der Waals surface area contributed by atoms with Gasteiger partial charge in [-0.15, -0.1) is 0 Å². The number of methoxy groups -OCH3 is 1. The first-order valence-corrected chi connectivity index (χ1v) is 7.12. The van der Waals surface area contributed by atoms with Gasteiger partial charge in [0, 0.05) is 30.4 Å². The van der Waals surface area contributed by atoms with Crippen LogP contribution in [-0.4, -0.2) is 27.4 Å². The number of amides is 1. The van der Waals surface area contributed by atoms with Crippen molar-refractivity contribution in [2.45, 2.75) is 13.1 Å². The fourth-order valence-electron chi connectivity index (χ4n) is 2.37. The van der Waals surface area contributed by atoms with E-state index in [0.29, 0.717) is 23.9 Å². The molecule has 0 unspecified atom stereocenters. The van der Waals surface area contributed by atoms with Crippen LogP contribution in [0.5, 0.6) is 5.75 Å². The van der Waals surface area contributed by atoms with Crippen LogP contribution in [0, 0.1) is 0 Å². The van der Waals surface area contributed by atoms with Gasteiger partial charge in [0.1, 0.15) is 11.4 Å². The third-order valence-corrected chi connectivity index (χ3v) is 3.80. The van der Waals surface area contributed by atoms with Crippen LogP contribution in [0.4, 0.5) is 0 Å². The molecule has 3 aromatic rings. The van der Waals surface area contributed by atoms with Gasteiger partial charge in [0.05, 0.1) is 24.2 Å². The van der Waals surface area contributed by atoms with Crippen molar-refractivity contribution in [2.24, 2.45) is 5.73 Å². The SMILES string of the molecule is COc1cc2c(ccn2CCn2ccc(C(N)=O)n2)cc1Cl. The average Bonchev–Trinajstić information content (AvgIpc) is 3.10. The van der Waals surface area contributed by atoms with E-state index < -0.39 is 5.91 Å². The molecule has 0 bridgehead atoms. The molecule has 6 nitrogen and oxygen atoms in total. The number of carbonyl (C=O) groups is 1. The van der Waals surface area contributed by atoms with Gasteiger partial charge in [0.2, 0.25) is 0 Å². The summed E-state index contributed by atoms with van der Waals surface area (Å²) in [4.78, 5) is 11.0. The number of primary amides is 1. The third kappa shape index (κ3) is 2.65. The summed E-state index contributed by atoms with van der Waals surface area (Å²) in [5.41, 5.74) is 6.49. The van der Waals surface area contributed by atoms with Crippen LogP contribution in [0.3, 0.4) is 0 Å². The molecule has 2 N–H and O–H groups in total. The number of fused-ring (bicyclic) bond motifs is 1. The highest BCUT2D eigenvalue weighted by atomic mass is 35.5. The molecule has 2 aromatic heterocycles. The van der Waals surface area contributed by atoms with Crippen molar-refractivity contribution in [1.82, 2.24) is 14.3 Å². The number of hydrogen-bond donors (Lipinski definition) is 1. The molecule has 7 heteroatoms. The van der Waals surface area contributed by atoms with Gasteiger partial charge < -0.3 is 15.0 Å². The first kappa shape index (κ1) is 14.5. The van der Waals surface area contributed by atoms with Crippen LogP contribution in [-0.2, 0) is 13.1 Å². The van der Waals surface area contributed by atoms with Crippen molar-refractivity contribution in [2.75, 3.05) is 7.11 Å². The Bertz CT molecular complexity index is 837. The van der Waals surface area contributed by atoms with Gasteiger partial charge in [-0.05, 0) is 18.2 Å². The summed E-state index contributed by atoms with van der Waals surface area (Å²) in [5, 5.41) is 5.75. The molecule has 1 amide bonds. The molecule has 0 aliphatic carbocycles. The predicted octanol–water partition coefficient (Wildman–Crippen LogP) is 2.30. The zero-order chi connectivity index (χ0) is 15.7. The van der Waals surface area contributed by atoms with E-state index in [0.717, 1.165) is 10.9 Å². The highest BCUT2D eigenvalue weighted by molar-refractivity contribution is 6.32. The first-order valence-electron chi connectivity index (χ1n) is 6.74. The van der Waals surface area contributed by atoms with Crippen molar-refractivity contribution in [1.29, 1.82) is 0 Å². The summed E-state index contributed by atoms with van der Waals surface area (Å²) in [6.07, 6.45) is 3.72. The maximum absolute atomic E-state index is 11.0. The number of aryl methyl sites for hydroxylation is 2. The zero-order valence-corrected chi connectivity index (χ0v) is 12.7. The maximum atomic E-state index is 11.0. The lowest BCUT2D eigenvalue weighted by Crippen LogP contribution is -2.13. The molecule has 0 saturated carbocycles. The number of rotatable bonds is 5. The Kier molecular flexibility index (Phi) is 3.77. The van der Waals surface area contributed by atoms with Gasteiger partial charge in [-0.3, -0.25) is 9.48 Å². The quantitative estimate of drug-likeness (QED) is 0.784. The lowest BCUT2D eigenvalue weighted by atomic mass is 10.2. The molecule has 22 heavy (non-hydrogen) atoms. The fraction of sp³-hybridized carbons (Fsp3) is 0.200. The molecule has 0 saturated heterocycles. The zero-order valence-electron chi connectivity index (χ0n) is 12.0. The largest absolute Gasteiger partial charge is 0.495 e. The third-order valence-electron chi connectivity index (χ3n) is 3.51. The van der Waals surface area contributed by atoms with Crippen molar-refractivity contribution >= 4 is 28.4 Å². The number of nitrogens with zero attached hydrogens (tertiary/aromatic N) is 3. The minimum atomic E-state index is -0.524. The molecule has 0 fully saturated rings. The molecule has 3 rings (SSSR count). The minimum Gasteiger partial charge on any atom is -0.495 e. The summed E-state index contributed by atoms with van der Waals surface area (Å²) >= 11 is 6.13. The predicted molar refractivity (Wildman–Crippen MR) is 84.2 cm³/mol. The Morgan fingerprint density at radius 2 is 2.14 bits per heavy atom. The summed E-state index contributed by atoms with van der Waals surface area (Å²) < 4.78 is 9.03. The minimum absolute atomic E-state index is 0.269. The lowest BCUT2D eigenvalue weighted by Gasteiger charge is -2.08. The van der Waals surface area contributed by atoms with E-state index in [9.17, 15) is 4.79 Å². The van der Waals surface area contributed by atoms with Gasteiger partial charge in [0.25, 0.3) is 5.91 Å². The van der Waals surface area contributed by atoms with Crippen LogP contribution in [0.15, 0.2) is 36.7 Å². The van der Waals surface area contributed by atoms with Gasteiger partial charge in [-0.1, -0.05) is 11.6 Å². The van der Waals surface area contributed by atoms with Crippen molar-refractivity contribution in [3.05, 3.63) is 47.4 Å². The molecule has 114 valence electrons. The molecular weight excluding hydrogens is 304 g/mol. The Morgan fingerprint density at radius 1 is 1.32 bits per heavy atom. The fourth-order valence-corrected chi connectivity index (χ4v) is 2.62. The number of hydrogen-bond acceptors (Lipinski definition) is 3. The summed E-state index contributed by atoms with van der Waals surface area (Å²) in [7, 11) is 1.59. The molecule has 0 atom stereocenters. The molecule has 1 aromatic carbocycles. The van der Waals surface area contributed by atoms with Crippen molar-refractivity contribution in [3.8, 4) is 5.75 Å². The smallest absolute Gasteiger partial charge is 0.269 e. The van der Waals surface area contributed by atoms with E-state index in [1.54, 1.807) is 24.1 Å². The number of halogens is 1. The monoisotopic (exact) mass is 318 g/mol. The van der Waals surface area contributed by atoms with E-state index >= 15 is 0 Å². The van der Waals surface area contributed by atoms with Gasteiger partial charge in [-0.2, -0.15) is 5.10 Å². The van der Waals surface area contributed by atoms with E-state index in [1.165, 1.54) is 0 Å². The van der Waals surface area contributed by atoms with E-state index in [-0.39, 0.29) is 5.69 Å². The maximum Gasteiger partial charge on any atom is 0.269 e. The van der Waals surface area contributed by atoms with Crippen LogP contribution < -0.4 is 10.5 Å². The Hall–Kier alpha value is -2.47. The molecule has 2 heterocycles. The van der Waals surface area contributed by atoms with Crippen LogP contribution >= 0.6 is 11.6 Å². The topological polar surface area (TPSA) is 75.1 Å². The van der Waals surface area contributed by atoms with Gasteiger partial charge in [0.15, 0.2) is 0 Å². The second kappa shape index (κ2) is 5.73. The number of carbonyl (C=O) groups excluding carboxylic acids is 1. The number of aromatic nitrogens is 3. The van der Waals surface area contributed by atoms with E-state index in [2.05, 4.69) is 9.67 Å². The molecule has 0 aliphatic heterocycles. The highest BCUT2D eigenvalue weighted by Crippen LogP contribution is 2.30. The Balaban J connectivity index is 1.82. The second-order valence-corrected chi connectivity index (χ2v) is 5.29. The first-order chi connectivity index (χ1) is 10.6. The summed E-state index contributed by atoms with van der Waals surface area (Å²) in [5.74, 6) is 0.119. The van der Waals surface area contributed by atoms with E-state index in [4.69, 9.17) is 22.1 Å². The van der Waals surface area contributed by atoms with Crippen LogP contribution in [0.25, 0.3) is 10.9 Å². The van der Waals surface area contributed by atoms with Gasteiger partial charge in [-0.25, -0.2) is 0 Å². The summed E-state index contributed by atoms with van der Waals surface area (Å²) in [6.45, 7) is 1.33. The number of ether oxygens (including phenoxy) is 1. The van der Waals surface area contributed by atoms with Gasteiger partial charge >= 0.3 is 0 Å². The Morgan fingerprint density at radius 3 is 2.82 bits per heavy atom. The standard InChI is InChI=1S/C15H15ClN4O2/c1-22-14-9-13-10(8-11(14)16)2-4-19(13)6-7-20-5-3-12(18-20)15(17)21/h2-5,8-9H,6-7H2,1H3,(H2,17,21). The normalized spacial score (nSPS) is 11.0. The molecule has 0 aliphatic rings. The number of benzene rings is 1.